The number of carbonyl (C=O) groups is 4. The van der Waals surface area contributed by atoms with Gasteiger partial charge >= 0.3 is 6.03 Å². The number of carbonyl (C=O) groups excluding carboxylic acids is 4. The minimum absolute atomic E-state index is 0.00774. The topological polar surface area (TPSA) is 108 Å². The number of nitrogens with one attached hydrogen (secondary N) is 3. The third kappa shape index (κ3) is 4.44. The lowest BCUT2D eigenvalue weighted by Gasteiger charge is -2.36. The number of hydrogen-bond donors (Lipinski definition) is 3. The molecule has 0 aromatic heterocycles. The molecule has 2 fully saturated rings. The Morgan fingerprint density at radius 1 is 1.09 bits per heavy atom. The molecule has 2 atom stereocenters. The van der Waals surface area contributed by atoms with Gasteiger partial charge < -0.3 is 16.0 Å². The van der Waals surface area contributed by atoms with Gasteiger partial charge in [-0.1, -0.05) is 31.9 Å². The number of anilines is 2. The summed E-state index contributed by atoms with van der Waals surface area (Å²) in [6.45, 7) is 1.49. The number of urea groups is 1. The van der Waals surface area contributed by atoms with Gasteiger partial charge in [0.15, 0.2) is 0 Å². The molecule has 2 aromatic rings. The van der Waals surface area contributed by atoms with Gasteiger partial charge in [0.2, 0.25) is 5.91 Å². The standard InChI is InChI=1S/C24H25FN4O4/c1-15-6-4-5-13-24(15)22(32)29(23(33)28-24)14-20(30)27-19-8-3-2-7-18(19)21(31)26-17-11-9-16(25)10-12-17/h2-3,7-12,15H,4-6,13-14H2,1H3,(H,26,31)(H,27,30)(H,28,33)/t15-,24+/m1/s1. The van der Waals surface area contributed by atoms with Crippen LogP contribution in [0, 0.1) is 11.7 Å². The van der Waals surface area contributed by atoms with E-state index in [9.17, 15) is 23.6 Å². The first-order valence-corrected chi connectivity index (χ1v) is 10.9. The van der Waals surface area contributed by atoms with Crippen LogP contribution in [0.15, 0.2) is 48.5 Å². The highest BCUT2D eigenvalue weighted by Gasteiger charge is 2.55. The van der Waals surface area contributed by atoms with Gasteiger partial charge in [-0.05, 0) is 55.2 Å². The van der Waals surface area contributed by atoms with Gasteiger partial charge in [-0.25, -0.2) is 9.18 Å². The number of amides is 5. The second-order valence-electron chi connectivity index (χ2n) is 8.49. The maximum absolute atomic E-state index is 13.1. The van der Waals surface area contributed by atoms with E-state index in [0.717, 1.165) is 24.2 Å². The Labute approximate surface area is 190 Å². The molecule has 0 unspecified atom stereocenters. The molecule has 1 saturated carbocycles. The number of imide groups is 1. The summed E-state index contributed by atoms with van der Waals surface area (Å²) in [6, 6.07) is 11.1. The van der Waals surface area contributed by atoms with Crippen molar-refractivity contribution in [3.05, 3.63) is 59.9 Å². The minimum atomic E-state index is -0.942. The van der Waals surface area contributed by atoms with Crippen LogP contribution in [0.25, 0.3) is 0 Å². The average molecular weight is 452 g/mol. The van der Waals surface area contributed by atoms with E-state index in [1.165, 1.54) is 30.3 Å². The lowest BCUT2D eigenvalue weighted by Crippen LogP contribution is -2.54. The van der Waals surface area contributed by atoms with Crippen LogP contribution in [0.3, 0.4) is 0 Å². The van der Waals surface area contributed by atoms with E-state index in [-0.39, 0.29) is 23.1 Å². The summed E-state index contributed by atoms with van der Waals surface area (Å²) < 4.78 is 13.1. The van der Waals surface area contributed by atoms with Gasteiger partial charge in [-0.3, -0.25) is 19.3 Å². The van der Waals surface area contributed by atoms with Gasteiger partial charge in [0, 0.05) is 5.69 Å². The molecule has 2 aromatic carbocycles. The normalized spacial score (nSPS) is 22.2. The van der Waals surface area contributed by atoms with E-state index >= 15 is 0 Å². The van der Waals surface area contributed by atoms with Gasteiger partial charge in [-0.15, -0.1) is 0 Å². The van der Waals surface area contributed by atoms with Gasteiger partial charge in [0.05, 0.1) is 11.3 Å². The molecule has 0 radical (unpaired) electrons. The molecule has 0 bridgehead atoms. The Morgan fingerprint density at radius 3 is 2.55 bits per heavy atom. The van der Waals surface area contributed by atoms with Crippen molar-refractivity contribution < 1.29 is 23.6 Å². The predicted molar refractivity (Wildman–Crippen MR) is 120 cm³/mol. The van der Waals surface area contributed by atoms with Gasteiger partial charge in [0.25, 0.3) is 11.8 Å². The summed E-state index contributed by atoms with van der Waals surface area (Å²) >= 11 is 0. The molecule has 1 spiro atoms. The van der Waals surface area contributed by atoms with Gasteiger partial charge in [0.1, 0.15) is 17.9 Å². The van der Waals surface area contributed by atoms with Crippen LogP contribution in [-0.2, 0) is 9.59 Å². The van der Waals surface area contributed by atoms with Gasteiger partial charge in [-0.2, -0.15) is 0 Å². The Kier molecular flexibility index (Phi) is 6.13. The van der Waals surface area contributed by atoms with Crippen LogP contribution in [-0.4, -0.2) is 40.7 Å². The zero-order valence-electron chi connectivity index (χ0n) is 18.2. The molecular weight excluding hydrogens is 427 g/mol. The number of rotatable bonds is 5. The average Bonchev–Trinajstić information content (AvgIpc) is 3.02. The summed E-state index contributed by atoms with van der Waals surface area (Å²) in [5.41, 5.74) is -0.129. The van der Waals surface area contributed by atoms with Crippen molar-refractivity contribution in [1.82, 2.24) is 10.2 Å². The molecular formula is C24H25FN4O4. The summed E-state index contributed by atoms with van der Waals surface area (Å²) in [4.78, 5) is 52.0. The second kappa shape index (κ2) is 9.01. The maximum Gasteiger partial charge on any atom is 0.325 e. The van der Waals surface area contributed by atoms with Crippen molar-refractivity contribution in [2.75, 3.05) is 17.2 Å². The summed E-state index contributed by atoms with van der Waals surface area (Å²) in [5, 5.41) is 8.08. The van der Waals surface area contributed by atoms with Crippen molar-refractivity contribution in [3.63, 3.8) is 0 Å². The molecule has 4 rings (SSSR count). The zero-order chi connectivity index (χ0) is 23.6. The Balaban J connectivity index is 1.45. The smallest absolute Gasteiger partial charge is 0.324 e. The van der Waals surface area contributed by atoms with Crippen LogP contribution in [0.4, 0.5) is 20.6 Å². The maximum atomic E-state index is 13.1. The summed E-state index contributed by atoms with van der Waals surface area (Å²) in [5.74, 6) is -1.90. The van der Waals surface area contributed by atoms with E-state index in [0.29, 0.717) is 12.1 Å². The zero-order valence-corrected chi connectivity index (χ0v) is 18.2. The fourth-order valence-electron chi connectivity index (χ4n) is 4.49. The van der Waals surface area contributed by atoms with Crippen LogP contribution < -0.4 is 16.0 Å². The third-order valence-electron chi connectivity index (χ3n) is 6.35. The first-order chi connectivity index (χ1) is 15.8. The van der Waals surface area contributed by atoms with Crippen LogP contribution in [0.2, 0.25) is 0 Å². The number of nitrogens with zero attached hydrogens (tertiary/aromatic N) is 1. The van der Waals surface area contributed by atoms with E-state index < -0.39 is 35.7 Å². The minimum Gasteiger partial charge on any atom is -0.324 e. The van der Waals surface area contributed by atoms with Crippen molar-refractivity contribution in [2.45, 2.75) is 38.1 Å². The summed E-state index contributed by atoms with van der Waals surface area (Å²) in [6.07, 6.45) is 3.24. The predicted octanol–water partition coefficient (Wildman–Crippen LogP) is 3.52. The number of halogens is 1. The van der Waals surface area contributed by atoms with E-state index in [1.54, 1.807) is 18.2 Å². The van der Waals surface area contributed by atoms with Crippen molar-refractivity contribution >= 4 is 35.1 Å². The second-order valence-corrected chi connectivity index (χ2v) is 8.49. The van der Waals surface area contributed by atoms with E-state index in [1.807, 2.05) is 6.92 Å². The molecule has 33 heavy (non-hydrogen) atoms. The first kappa shape index (κ1) is 22.4. The molecule has 3 N–H and O–H groups in total. The quantitative estimate of drug-likeness (QED) is 0.604. The molecule has 1 aliphatic carbocycles. The highest BCUT2D eigenvalue weighted by atomic mass is 19.1. The van der Waals surface area contributed by atoms with Crippen LogP contribution in [0.1, 0.15) is 43.0 Å². The molecule has 1 aliphatic heterocycles. The lowest BCUT2D eigenvalue weighted by molar-refractivity contribution is -0.136. The molecule has 5 amide bonds. The fourth-order valence-corrected chi connectivity index (χ4v) is 4.49. The molecule has 2 aliphatic rings. The first-order valence-electron chi connectivity index (χ1n) is 10.9. The molecule has 1 saturated heterocycles. The molecule has 8 nitrogen and oxygen atoms in total. The third-order valence-corrected chi connectivity index (χ3v) is 6.35. The Bertz CT molecular complexity index is 1100. The van der Waals surface area contributed by atoms with Crippen LogP contribution in [0.5, 0.6) is 0 Å². The van der Waals surface area contributed by atoms with E-state index in [4.69, 9.17) is 0 Å². The van der Waals surface area contributed by atoms with Crippen LogP contribution >= 0.6 is 0 Å². The van der Waals surface area contributed by atoms with Crippen molar-refractivity contribution in [1.29, 1.82) is 0 Å². The fraction of sp³-hybridized carbons (Fsp3) is 0.333. The Hall–Kier alpha value is -3.75. The monoisotopic (exact) mass is 452 g/mol. The Morgan fingerprint density at radius 2 is 1.82 bits per heavy atom. The SMILES string of the molecule is C[C@@H]1CCCC[C@]12NC(=O)N(CC(=O)Nc1ccccc1C(=O)Nc1ccc(F)cc1)C2=O. The largest absolute Gasteiger partial charge is 0.325 e. The lowest BCUT2D eigenvalue weighted by atomic mass is 9.73. The highest BCUT2D eigenvalue weighted by molar-refractivity contribution is 6.12. The number of para-hydroxylation sites is 1. The molecule has 1 heterocycles. The van der Waals surface area contributed by atoms with E-state index in [2.05, 4.69) is 16.0 Å². The summed E-state index contributed by atoms with van der Waals surface area (Å²) in [7, 11) is 0. The van der Waals surface area contributed by atoms with Crippen molar-refractivity contribution in [2.24, 2.45) is 5.92 Å². The highest BCUT2D eigenvalue weighted by Crippen LogP contribution is 2.38. The van der Waals surface area contributed by atoms with Crippen molar-refractivity contribution in [3.8, 4) is 0 Å². The number of benzene rings is 2. The molecule has 9 heteroatoms. The number of hydrogen-bond acceptors (Lipinski definition) is 4. The molecule has 172 valence electrons.